The molecule has 0 bridgehead atoms. The Kier molecular flexibility index (Phi) is 4.28. The summed E-state index contributed by atoms with van der Waals surface area (Å²) >= 11 is 0. The highest BCUT2D eigenvalue weighted by Crippen LogP contribution is 2.40. The van der Waals surface area contributed by atoms with Crippen molar-refractivity contribution in [3.63, 3.8) is 0 Å². The summed E-state index contributed by atoms with van der Waals surface area (Å²) in [5, 5.41) is 7.81. The van der Waals surface area contributed by atoms with Crippen LogP contribution >= 0.6 is 0 Å². The molecule has 0 radical (unpaired) electrons. The molecule has 1 aliphatic rings. The third-order valence-corrected chi connectivity index (χ3v) is 4.65. The molecule has 0 saturated heterocycles. The van der Waals surface area contributed by atoms with Crippen molar-refractivity contribution in [1.82, 2.24) is 15.1 Å². The van der Waals surface area contributed by atoms with E-state index in [0.717, 1.165) is 48.7 Å². The lowest BCUT2D eigenvalue weighted by Gasteiger charge is -2.11. The second-order valence-corrected chi connectivity index (χ2v) is 6.79. The molecule has 128 valence electrons. The van der Waals surface area contributed by atoms with Crippen LogP contribution in [0.1, 0.15) is 17.5 Å². The number of aromatic nitrogens is 2. The predicted molar refractivity (Wildman–Crippen MR) is 101 cm³/mol. The zero-order valence-electron chi connectivity index (χ0n) is 14.7. The fourth-order valence-corrected chi connectivity index (χ4v) is 3.41. The number of nitrogens with zero attached hydrogens (tertiary/aromatic N) is 2. The Bertz CT molecular complexity index is 882. The van der Waals surface area contributed by atoms with Gasteiger partial charge in [0.15, 0.2) is 0 Å². The highest BCUT2D eigenvalue weighted by molar-refractivity contribution is 5.81. The Morgan fingerprint density at radius 2 is 2.00 bits per heavy atom. The Hall–Kier alpha value is -2.59. The molecule has 4 nitrogen and oxygen atoms in total. The number of hydrogen-bond donors (Lipinski definition) is 1. The molecule has 0 spiro atoms. The largest absolute Gasteiger partial charge is 0.494 e. The van der Waals surface area contributed by atoms with Crippen molar-refractivity contribution in [2.45, 2.75) is 12.8 Å². The maximum Gasteiger partial charge on any atom is 0.119 e. The maximum atomic E-state index is 5.91. The van der Waals surface area contributed by atoms with Gasteiger partial charge in [-0.1, -0.05) is 36.4 Å². The molecule has 1 N–H and O–H groups in total. The number of H-pyrrole nitrogens is 1. The summed E-state index contributed by atoms with van der Waals surface area (Å²) < 4.78 is 5.91. The lowest BCUT2D eigenvalue weighted by atomic mass is 10.1. The smallest absolute Gasteiger partial charge is 0.119 e. The summed E-state index contributed by atoms with van der Waals surface area (Å²) in [7, 11) is 4.16. The molecule has 2 aromatic carbocycles. The first-order chi connectivity index (χ1) is 12.2. The summed E-state index contributed by atoms with van der Waals surface area (Å²) in [5.41, 5.74) is 7.21. The van der Waals surface area contributed by atoms with Gasteiger partial charge in [0, 0.05) is 29.7 Å². The Morgan fingerprint density at radius 3 is 2.88 bits per heavy atom. The minimum atomic E-state index is 0.728. The van der Waals surface area contributed by atoms with Gasteiger partial charge in [-0.15, -0.1) is 0 Å². The van der Waals surface area contributed by atoms with Crippen molar-refractivity contribution in [1.29, 1.82) is 0 Å². The van der Waals surface area contributed by atoms with E-state index in [0.29, 0.717) is 0 Å². The number of rotatable bonds is 6. The van der Waals surface area contributed by atoms with E-state index in [1.807, 2.05) is 12.1 Å². The third kappa shape index (κ3) is 3.17. The van der Waals surface area contributed by atoms with Crippen LogP contribution in [0.3, 0.4) is 0 Å². The van der Waals surface area contributed by atoms with Gasteiger partial charge in [-0.3, -0.25) is 5.10 Å². The van der Waals surface area contributed by atoms with E-state index in [1.54, 1.807) is 0 Å². The highest BCUT2D eigenvalue weighted by Gasteiger charge is 2.24. The monoisotopic (exact) mass is 333 g/mol. The van der Waals surface area contributed by atoms with Crippen LogP contribution in [0.2, 0.25) is 0 Å². The van der Waals surface area contributed by atoms with Gasteiger partial charge in [0.05, 0.1) is 18.0 Å². The van der Waals surface area contributed by atoms with Gasteiger partial charge in [-0.05, 0) is 38.2 Å². The van der Waals surface area contributed by atoms with Crippen LogP contribution < -0.4 is 4.74 Å². The third-order valence-electron chi connectivity index (χ3n) is 4.65. The first-order valence-electron chi connectivity index (χ1n) is 8.76. The van der Waals surface area contributed by atoms with Crippen LogP contribution in [0.4, 0.5) is 0 Å². The zero-order chi connectivity index (χ0) is 17.2. The van der Waals surface area contributed by atoms with Crippen molar-refractivity contribution >= 4 is 0 Å². The number of fused-ring (bicyclic) bond motifs is 3. The Balaban J connectivity index is 1.54. The van der Waals surface area contributed by atoms with Gasteiger partial charge < -0.3 is 9.64 Å². The van der Waals surface area contributed by atoms with Gasteiger partial charge in [0.25, 0.3) is 0 Å². The average molecular weight is 333 g/mol. The van der Waals surface area contributed by atoms with Crippen LogP contribution in [0.15, 0.2) is 48.5 Å². The molecule has 0 atom stereocenters. The molecule has 0 saturated carbocycles. The second-order valence-electron chi connectivity index (χ2n) is 6.79. The average Bonchev–Trinajstić information content (AvgIpc) is 3.18. The molecule has 0 amide bonds. The summed E-state index contributed by atoms with van der Waals surface area (Å²) in [6.07, 6.45) is 1.95. The number of hydrogen-bond acceptors (Lipinski definition) is 3. The lowest BCUT2D eigenvalue weighted by molar-refractivity contribution is 0.281. The highest BCUT2D eigenvalue weighted by atomic mass is 16.5. The molecule has 4 heteroatoms. The zero-order valence-corrected chi connectivity index (χ0v) is 14.7. The standard InChI is InChI=1S/C21H23N3O/c1-24(2)11-6-12-25-17-9-5-8-16(13-17)20-19-14-15-7-3-4-10-18(15)21(19)23-22-20/h3-5,7-10,13H,6,11-12,14H2,1-2H3,(H,22,23). The summed E-state index contributed by atoms with van der Waals surface area (Å²) in [4.78, 5) is 2.17. The molecule has 4 rings (SSSR count). The van der Waals surface area contributed by atoms with Crippen LogP contribution in [-0.4, -0.2) is 42.3 Å². The van der Waals surface area contributed by atoms with E-state index in [9.17, 15) is 0 Å². The van der Waals surface area contributed by atoms with Crippen molar-refractivity contribution in [2.75, 3.05) is 27.2 Å². The van der Waals surface area contributed by atoms with E-state index in [4.69, 9.17) is 4.74 Å². The minimum Gasteiger partial charge on any atom is -0.494 e. The fourth-order valence-electron chi connectivity index (χ4n) is 3.41. The first-order valence-corrected chi connectivity index (χ1v) is 8.76. The molecule has 1 aliphatic carbocycles. The van der Waals surface area contributed by atoms with Crippen LogP contribution in [-0.2, 0) is 6.42 Å². The van der Waals surface area contributed by atoms with Crippen LogP contribution in [0, 0.1) is 0 Å². The molecule has 25 heavy (non-hydrogen) atoms. The molecule has 0 aliphatic heterocycles. The van der Waals surface area contributed by atoms with Gasteiger partial charge in [-0.2, -0.15) is 5.10 Å². The van der Waals surface area contributed by atoms with Gasteiger partial charge in [0.1, 0.15) is 5.75 Å². The van der Waals surface area contributed by atoms with E-state index in [2.05, 4.69) is 65.6 Å². The molecule has 0 unspecified atom stereocenters. The number of nitrogens with one attached hydrogen (secondary N) is 1. The SMILES string of the molecule is CN(C)CCCOc1cccc(-c2n[nH]c3c2Cc2ccccc2-3)c1. The van der Waals surface area contributed by atoms with Gasteiger partial charge >= 0.3 is 0 Å². The molecule has 3 aromatic rings. The van der Waals surface area contributed by atoms with E-state index >= 15 is 0 Å². The summed E-state index contributed by atoms with van der Waals surface area (Å²) in [6.45, 7) is 1.76. The van der Waals surface area contributed by atoms with Crippen molar-refractivity contribution in [3.8, 4) is 28.3 Å². The van der Waals surface area contributed by atoms with Gasteiger partial charge in [-0.25, -0.2) is 0 Å². The van der Waals surface area contributed by atoms with Crippen molar-refractivity contribution in [2.24, 2.45) is 0 Å². The fraction of sp³-hybridized carbons (Fsp3) is 0.286. The van der Waals surface area contributed by atoms with E-state index in [-0.39, 0.29) is 0 Å². The molecule has 1 heterocycles. The minimum absolute atomic E-state index is 0.728. The predicted octanol–water partition coefficient (Wildman–Crippen LogP) is 3.98. The van der Waals surface area contributed by atoms with E-state index in [1.165, 1.54) is 16.7 Å². The van der Waals surface area contributed by atoms with Crippen LogP contribution in [0.5, 0.6) is 5.75 Å². The maximum absolute atomic E-state index is 5.91. The second kappa shape index (κ2) is 6.73. The van der Waals surface area contributed by atoms with Gasteiger partial charge in [0.2, 0.25) is 0 Å². The van der Waals surface area contributed by atoms with Crippen molar-refractivity contribution < 1.29 is 4.74 Å². The lowest BCUT2D eigenvalue weighted by Crippen LogP contribution is -2.15. The summed E-state index contributed by atoms with van der Waals surface area (Å²) in [6, 6.07) is 16.8. The number of ether oxygens (including phenoxy) is 1. The van der Waals surface area contributed by atoms with Crippen LogP contribution in [0.25, 0.3) is 22.5 Å². The normalized spacial score (nSPS) is 12.3. The Labute approximate surface area is 148 Å². The number of aromatic amines is 1. The Morgan fingerprint density at radius 1 is 1.12 bits per heavy atom. The quantitative estimate of drug-likeness (QED) is 0.543. The van der Waals surface area contributed by atoms with E-state index < -0.39 is 0 Å². The van der Waals surface area contributed by atoms with Crippen molar-refractivity contribution in [3.05, 3.63) is 59.7 Å². The molecule has 1 aromatic heterocycles. The molecular formula is C21H23N3O. The molecular weight excluding hydrogens is 310 g/mol. The first kappa shape index (κ1) is 15.9. The number of benzene rings is 2. The topological polar surface area (TPSA) is 41.1 Å². The summed E-state index contributed by atoms with van der Waals surface area (Å²) in [5.74, 6) is 0.906. The molecule has 0 fully saturated rings.